The van der Waals surface area contributed by atoms with Gasteiger partial charge in [-0.05, 0) is 73.5 Å². The molecule has 1 unspecified atom stereocenters. The maximum absolute atomic E-state index is 13.6. The molecule has 3 aromatic carbocycles. The molecule has 1 atom stereocenters. The highest BCUT2D eigenvalue weighted by Crippen LogP contribution is 2.42. The zero-order chi connectivity index (χ0) is 25.1. The van der Waals surface area contributed by atoms with Crippen LogP contribution in [0, 0.1) is 24.1 Å². The van der Waals surface area contributed by atoms with Crippen LogP contribution in [0.4, 0.5) is 15.8 Å². The molecule has 1 aliphatic rings. The molecule has 0 aromatic heterocycles. The summed E-state index contributed by atoms with van der Waals surface area (Å²) in [5, 5.41) is 13.0. The number of benzene rings is 3. The number of amides is 2. The van der Waals surface area contributed by atoms with Crippen LogP contribution in [0.2, 0.25) is 10.0 Å². The van der Waals surface area contributed by atoms with E-state index >= 15 is 0 Å². The van der Waals surface area contributed by atoms with Crippen LogP contribution >= 0.6 is 35.0 Å². The molecule has 4 rings (SSSR count). The fourth-order valence-corrected chi connectivity index (χ4v) is 5.23. The molecule has 1 fully saturated rings. The van der Waals surface area contributed by atoms with E-state index in [1.54, 1.807) is 30.3 Å². The van der Waals surface area contributed by atoms with Crippen molar-refractivity contribution in [3.63, 3.8) is 0 Å². The van der Waals surface area contributed by atoms with E-state index < -0.39 is 17.0 Å². The third kappa shape index (κ3) is 5.51. The molecule has 9 heteroatoms. The first-order valence-corrected chi connectivity index (χ1v) is 12.1. The lowest BCUT2D eigenvalue weighted by atomic mass is 10.1. The van der Waals surface area contributed by atoms with Gasteiger partial charge in [-0.15, -0.1) is 0 Å². The van der Waals surface area contributed by atoms with Crippen molar-refractivity contribution < 1.29 is 14.0 Å². The minimum atomic E-state index is -0.701. The number of nitriles is 1. The van der Waals surface area contributed by atoms with Gasteiger partial charge in [0.05, 0.1) is 5.25 Å². The summed E-state index contributed by atoms with van der Waals surface area (Å²) in [5.41, 5.74) is 2.31. The van der Waals surface area contributed by atoms with Gasteiger partial charge in [0.1, 0.15) is 22.5 Å². The van der Waals surface area contributed by atoms with E-state index in [1.165, 1.54) is 29.2 Å². The smallest absolute Gasteiger partial charge is 0.269 e. The Kier molecular flexibility index (Phi) is 7.46. The Morgan fingerprint density at radius 2 is 1.80 bits per heavy atom. The van der Waals surface area contributed by atoms with E-state index in [4.69, 9.17) is 23.2 Å². The van der Waals surface area contributed by atoms with E-state index in [1.807, 2.05) is 25.1 Å². The maximum atomic E-state index is 13.6. The fourth-order valence-electron chi connectivity index (χ4n) is 3.54. The number of carbonyl (C=O) groups is 2. The minimum Gasteiger partial charge on any atom is -0.321 e. The quantitative estimate of drug-likeness (QED) is 0.304. The summed E-state index contributed by atoms with van der Waals surface area (Å²) in [4.78, 5) is 28.0. The molecule has 2 amide bonds. The highest BCUT2D eigenvalue weighted by atomic mass is 35.5. The lowest BCUT2D eigenvalue weighted by Crippen LogP contribution is -2.31. The van der Waals surface area contributed by atoms with E-state index in [0.29, 0.717) is 27.0 Å². The summed E-state index contributed by atoms with van der Waals surface area (Å²) in [6.45, 7) is 1.92. The number of carbonyl (C=O) groups excluding carboxylic acids is 2. The lowest BCUT2D eigenvalue weighted by Gasteiger charge is -2.19. The van der Waals surface area contributed by atoms with Crippen LogP contribution in [-0.4, -0.2) is 17.1 Å². The van der Waals surface area contributed by atoms with Crippen LogP contribution in [0.3, 0.4) is 0 Å². The summed E-state index contributed by atoms with van der Waals surface area (Å²) in [6.07, 6.45) is 0.257. The molecule has 1 aliphatic heterocycles. The average Bonchev–Trinajstić information content (AvgIpc) is 3.14. The summed E-state index contributed by atoms with van der Waals surface area (Å²) < 4.78 is 13.2. The highest BCUT2D eigenvalue weighted by molar-refractivity contribution is 8.05. The minimum absolute atomic E-state index is 0.212. The van der Waals surface area contributed by atoms with Crippen molar-refractivity contribution in [1.82, 2.24) is 0 Å². The zero-order valence-electron chi connectivity index (χ0n) is 18.4. The molecule has 35 heavy (non-hydrogen) atoms. The first kappa shape index (κ1) is 24.8. The van der Waals surface area contributed by atoms with Gasteiger partial charge in [-0.1, -0.05) is 52.7 Å². The number of anilines is 2. The highest BCUT2D eigenvalue weighted by Gasteiger charge is 2.41. The molecule has 1 saturated heterocycles. The van der Waals surface area contributed by atoms with Crippen molar-refractivity contribution in [2.75, 3.05) is 10.2 Å². The Balaban J connectivity index is 1.73. The van der Waals surface area contributed by atoms with Crippen LogP contribution in [0.25, 0.3) is 0 Å². The van der Waals surface area contributed by atoms with Crippen molar-refractivity contribution in [2.45, 2.75) is 18.6 Å². The average molecular weight is 526 g/mol. The summed E-state index contributed by atoms with van der Waals surface area (Å²) in [6, 6.07) is 19.4. The molecule has 3 aromatic rings. The number of hydrogen-bond acceptors (Lipinski definition) is 4. The van der Waals surface area contributed by atoms with Gasteiger partial charge < -0.3 is 5.32 Å². The molecule has 1 N–H and O–H groups in total. The second-order valence-electron chi connectivity index (χ2n) is 7.81. The molecular formula is C26H18Cl2FN3O2S. The standard InChI is InChI=1S/C26H18Cl2FN3O2S/c1-15-2-9-20(10-3-15)32-25(34)23(13-16-12-17(27)4-11-22(16)28)35-26(32)21(14-30)24(33)31-19-7-5-18(29)6-8-19/h2-12,23H,13H2,1H3,(H,31,33)/b26-21+. The zero-order valence-corrected chi connectivity index (χ0v) is 20.7. The summed E-state index contributed by atoms with van der Waals surface area (Å²) in [7, 11) is 0. The summed E-state index contributed by atoms with van der Waals surface area (Å²) in [5.74, 6) is -1.44. The van der Waals surface area contributed by atoms with Crippen molar-refractivity contribution in [3.8, 4) is 6.07 Å². The predicted molar refractivity (Wildman–Crippen MR) is 138 cm³/mol. The third-order valence-electron chi connectivity index (χ3n) is 5.31. The largest absolute Gasteiger partial charge is 0.321 e. The lowest BCUT2D eigenvalue weighted by molar-refractivity contribution is -0.117. The van der Waals surface area contributed by atoms with Gasteiger partial charge in [0, 0.05) is 21.4 Å². The van der Waals surface area contributed by atoms with E-state index in [9.17, 15) is 19.2 Å². The normalized spacial score (nSPS) is 16.7. The van der Waals surface area contributed by atoms with E-state index in [0.717, 1.165) is 17.3 Å². The number of hydrogen-bond donors (Lipinski definition) is 1. The number of halogens is 3. The molecule has 0 aliphatic carbocycles. The molecular weight excluding hydrogens is 508 g/mol. The van der Waals surface area contributed by atoms with E-state index in [-0.39, 0.29) is 22.9 Å². The Bertz CT molecular complexity index is 1370. The molecule has 0 saturated carbocycles. The van der Waals surface area contributed by atoms with E-state index in [2.05, 4.69) is 5.32 Å². The van der Waals surface area contributed by atoms with Crippen molar-refractivity contribution in [1.29, 1.82) is 5.26 Å². The first-order chi connectivity index (χ1) is 16.8. The van der Waals surface area contributed by atoms with Crippen LogP contribution < -0.4 is 10.2 Å². The number of thioether (sulfide) groups is 1. The molecule has 0 bridgehead atoms. The van der Waals surface area contributed by atoms with Crippen molar-refractivity contribution >= 4 is 58.2 Å². The Morgan fingerprint density at radius 1 is 1.11 bits per heavy atom. The number of rotatable bonds is 5. The second-order valence-corrected chi connectivity index (χ2v) is 9.84. The van der Waals surface area contributed by atoms with Crippen molar-refractivity contribution in [2.24, 2.45) is 0 Å². The first-order valence-electron chi connectivity index (χ1n) is 10.5. The van der Waals surface area contributed by atoms with Gasteiger partial charge in [-0.2, -0.15) is 5.26 Å². The Morgan fingerprint density at radius 3 is 2.46 bits per heavy atom. The van der Waals surface area contributed by atoms with Gasteiger partial charge in [-0.3, -0.25) is 14.5 Å². The van der Waals surface area contributed by atoms with Gasteiger partial charge in [0.15, 0.2) is 0 Å². The molecule has 5 nitrogen and oxygen atoms in total. The monoisotopic (exact) mass is 525 g/mol. The molecule has 1 heterocycles. The number of nitrogens with zero attached hydrogens (tertiary/aromatic N) is 2. The van der Waals surface area contributed by atoms with Gasteiger partial charge >= 0.3 is 0 Å². The van der Waals surface area contributed by atoms with Crippen LogP contribution in [0.5, 0.6) is 0 Å². The molecule has 0 radical (unpaired) electrons. The number of aryl methyl sites for hydroxylation is 1. The second kappa shape index (κ2) is 10.5. The van der Waals surface area contributed by atoms with Gasteiger partial charge in [0.25, 0.3) is 5.91 Å². The van der Waals surface area contributed by atoms with Crippen LogP contribution in [0.1, 0.15) is 11.1 Å². The maximum Gasteiger partial charge on any atom is 0.269 e. The van der Waals surface area contributed by atoms with Crippen LogP contribution in [-0.2, 0) is 16.0 Å². The topological polar surface area (TPSA) is 73.2 Å². The van der Waals surface area contributed by atoms with Gasteiger partial charge in [-0.25, -0.2) is 4.39 Å². The van der Waals surface area contributed by atoms with Crippen molar-refractivity contribution in [3.05, 3.63) is 104 Å². The van der Waals surface area contributed by atoms with Crippen LogP contribution in [0.15, 0.2) is 77.3 Å². The predicted octanol–water partition coefficient (Wildman–Crippen LogP) is 6.51. The SMILES string of the molecule is Cc1ccc(N2C(=O)C(Cc3cc(Cl)ccc3Cl)S/C2=C(\C#N)C(=O)Nc2ccc(F)cc2)cc1. The fraction of sp³-hybridized carbons (Fsp3) is 0.115. The van der Waals surface area contributed by atoms with Gasteiger partial charge in [0.2, 0.25) is 5.91 Å². The Hall–Kier alpha value is -3.31. The molecule has 0 spiro atoms. The Labute approximate surface area is 216 Å². The third-order valence-corrected chi connectivity index (χ3v) is 7.18. The number of nitrogens with one attached hydrogen (secondary N) is 1. The summed E-state index contributed by atoms with van der Waals surface area (Å²) >= 11 is 13.6. The molecule has 176 valence electrons.